The molecule has 0 atom stereocenters. The second kappa shape index (κ2) is 8.46. The zero-order valence-corrected chi connectivity index (χ0v) is 13.0. The van der Waals surface area contributed by atoms with Crippen molar-refractivity contribution in [3.63, 3.8) is 0 Å². The highest BCUT2D eigenvalue weighted by atomic mass is 16.5. The van der Waals surface area contributed by atoms with Gasteiger partial charge < -0.3 is 15.0 Å². The van der Waals surface area contributed by atoms with Gasteiger partial charge in [0.25, 0.3) is 0 Å². The number of nitrogens with one attached hydrogen (secondary N) is 1. The summed E-state index contributed by atoms with van der Waals surface area (Å²) in [5.74, 6) is 0.901. The van der Waals surface area contributed by atoms with Gasteiger partial charge >= 0.3 is 0 Å². The van der Waals surface area contributed by atoms with Crippen molar-refractivity contribution in [2.24, 2.45) is 0 Å². The van der Waals surface area contributed by atoms with E-state index in [1.165, 1.54) is 0 Å². The number of aryl methyl sites for hydroxylation is 1. The molecule has 0 bridgehead atoms. The Morgan fingerprint density at radius 2 is 1.90 bits per heavy atom. The molecule has 112 valence electrons. The van der Waals surface area contributed by atoms with Crippen molar-refractivity contribution < 1.29 is 9.53 Å². The summed E-state index contributed by atoms with van der Waals surface area (Å²) in [4.78, 5) is 14.1. The van der Waals surface area contributed by atoms with E-state index in [1.807, 2.05) is 30.0 Å². The van der Waals surface area contributed by atoms with Crippen LogP contribution in [0.4, 0.5) is 5.69 Å². The average Bonchev–Trinajstić information content (AvgIpc) is 2.44. The molecule has 4 heteroatoms. The number of anilines is 1. The van der Waals surface area contributed by atoms with Crippen molar-refractivity contribution in [2.45, 2.75) is 33.6 Å². The first kappa shape index (κ1) is 16.3. The highest BCUT2D eigenvalue weighted by Gasteiger charge is 2.12. The summed E-state index contributed by atoms with van der Waals surface area (Å²) in [6.45, 7) is 8.14. The summed E-state index contributed by atoms with van der Waals surface area (Å²) in [5, 5.41) is 3.19. The predicted octanol–water partition coefficient (Wildman–Crippen LogP) is 3.06. The van der Waals surface area contributed by atoms with Crippen LogP contribution in [0.1, 0.15) is 32.3 Å². The number of amides is 1. The third-order valence-electron chi connectivity index (χ3n) is 3.12. The molecule has 0 heterocycles. The molecule has 0 aliphatic rings. The van der Waals surface area contributed by atoms with E-state index in [2.05, 4.69) is 19.2 Å². The minimum Gasteiger partial charge on any atom is -0.495 e. The van der Waals surface area contributed by atoms with E-state index in [1.54, 1.807) is 7.11 Å². The van der Waals surface area contributed by atoms with E-state index in [4.69, 9.17) is 4.74 Å². The summed E-state index contributed by atoms with van der Waals surface area (Å²) in [5.41, 5.74) is 2.01. The molecule has 4 nitrogen and oxygen atoms in total. The number of rotatable bonds is 8. The van der Waals surface area contributed by atoms with Gasteiger partial charge in [-0.1, -0.05) is 19.9 Å². The molecule has 0 aliphatic carbocycles. The highest BCUT2D eigenvalue weighted by molar-refractivity contribution is 5.81. The van der Waals surface area contributed by atoms with E-state index in [9.17, 15) is 4.79 Å². The zero-order chi connectivity index (χ0) is 15.0. The maximum Gasteiger partial charge on any atom is 0.241 e. The lowest BCUT2D eigenvalue weighted by molar-refractivity contribution is -0.129. The molecule has 0 aromatic heterocycles. The third-order valence-corrected chi connectivity index (χ3v) is 3.12. The molecule has 0 saturated heterocycles. The topological polar surface area (TPSA) is 41.6 Å². The first-order valence-corrected chi connectivity index (χ1v) is 7.28. The largest absolute Gasteiger partial charge is 0.495 e. The second-order valence-electron chi connectivity index (χ2n) is 4.94. The fourth-order valence-electron chi connectivity index (χ4n) is 2.14. The van der Waals surface area contributed by atoms with Crippen molar-refractivity contribution in [3.05, 3.63) is 23.8 Å². The van der Waals surface area contributed by atoms with Crippen molar-refractivity contribution in [2.75, 3.05) is 32.1 Å². The molecular weight excluding hydrogens is 252 g/mol. The number of hydrogen-bond acceptors (Lipinski definition) is 3. The Kier molecular flexibility index (Phi) is 6.91. The summed E-state index contributed by atoms with van der Waals surface area (Å²) in [6.07, 6.45) is 1.97. The highest BCUT2D eigenvalue weighted by Crippen LogP contribution is 2.24. The van der Waals surface area contributed by atoms with E-state index in [-0.39, 0.29) is 5.91 Å². The molecule has 0 saturated carbocycles. The summed E-state index contributed by atoms with van der Waals surface area (Å²) in [6, 6.07) is 5.90. The van der Waals surface area contributed by atoms with Crippen LogP contribution in [0.3, 0.4) is 0 Å². The number of ether oxygens (including phenoxy) is 1. The molecule has 1 aromatic carbocycles. The fraction of sp³-hybridized carbons (Fsp3) is 0.562. The minimum absolute atomic E-state index is 0.136. The molecule has 0 radical (unpaired) electrons. The Bertz CT molecular complexity index is 426. The number of carbonyl (C=O) groups is 1. The molecule has 1 N–H and O–H groups in total. The lowest BCUT2D eigenvalue weighted by Gasteiger charge is -2.22. The Hall–Kier alpha value is -1.71. The van der Waals surface area contributed by atoms with Gasteiger partial charge in [-0.2, -0.15) is 0 Å². The van der Waals surface area contributed by atoms with Crippen LogP contribution in [0.5, 0.6) is 5.75 Å². The molecule has 1 aromatic rings. The summed E-state index contributed by atoms with van der Waals surface area (Å²) < 4.78 is 5.30. The smallest absolute Gasteiger partial charge is 0.241 e. The van der Waals surface area contributed by atoms with Crippen molar-refractivity contribution in [1.29, 1.82) is 0 Å². The van der Waals surface area contributed by atoms with Crippen LogP contribution in [0.15, 0.2) is 18.2 Å². The van der Waals surface area contributed by atoms with Crippen molar-refractivity contribution >= 4 is 11.6 Å². The number of nitrogens with zero attached hydrogens (tertiary/aromatic N) is 1. The minimum atomic E-state index is 0.136. The first-order valence-electron chi connectivity index (χ1n) is 7.28. The molecule has 0 aliphatic heterocycles. The molecule has 0 spiro atoms. The van der Waals surface area contributed by atoms with Crippen LogP contribution in [0, 0.1) is 6.92 Å². The lowest BCUT2D eigenvalue weighted by Crippen LogP contribution is -2.36. The monoisotopic (exact) mass is 278 g/mol. The van der Waals surface area contributed by atoms with Gasteiger partial charge in [0, 0.05) is 13.1 Å². The Balaban J connectivity index is 2.65. The van der Waals surface area contributed by atoms with Gasteiger partial charge in [0.2, 0.25) is 5.91 Å². The molecule has 0 unspecified atom stereocenters. The number of methoxy groups -OCH3 is 1. The van der Waals surface area contributed by atoms with Gasteiger partial charge in [0.15, 0.2) is 0 Å². The average molecular weight is 278 g/mol. The van der Waals surface area contributed by atoms with Crippen LogP contribution in [0.2, 0.25) is 0 Å². The first-order chi connectivity index (χ1) is 9.62. The zero-order valence-electron chi connectivity index (χ0n) is 13.0. The van der Waals surface area contributed by atoms with Crippen LogP contribution in [-0.2, 0) is 4.79 Å². The Labute approximate surface area is 122 Å². The van der Waals surface area contributed by atoms with Crippen LogP contribution in [-0.4, -0.2) is 37.6 Å². The normalized spacial score (nSPS) is 10.2. The SMILES string of the molecule is CCCN(CCC)C(=O)CNc1cc(C)ccc1OC. The predicted molar refractivity (Wildman–Crippen MR) is 83.4 cm³/mol. The molecular formula is C16H26N2O2. The van der Waals surface area contributed by atoms with E-state index in [0.717, 1.165) is 42.9 Å². The Morgan fingerprint density at radius 3 is 2.45 bits per heavy atom. The van der Waals surface area contributed by atoms with Crippen LogP contribution in [0.25, 0.3) is 0 Å². The molecule has 0 fully saturated rings. The standard InChI is InChI=1S/C16H26N2O2/c1-5-9-18(10-6-2)16(19)12-17-14-11-13(3)7-8-15(14)20-4/h7-8,11,17H,5-6,9-10,12H2,1-4H3. The van der Waals surface area contributed by atoms with Gasteiger partial charge in [-0.15, -0.1) is 0 Å². The summed E-state index contributed by atoms with van der Waals surface area (Å²) >= 11 is 0. The number of hydrogen-bond donors (Lipinski definition) is 1. The maximum atomic E-state index is 12.2. The van der Waals surface area contributed by atoms with E-state index < -0.39 is 0 Å². The van der Waals surface area contributed by atoms with Crippen molar-refractivity contribution in [1.82, 2.24) is 4.90 Å². The second-order valence-corrected chi connectivity index (χ2v) is 4.94. The van der Waals surface area contributed by atoms with Gasteiger partial charge in [-0.25, -0.2) is 0 Å². The van der Waals surface area contributed by atoms with Crippen molar-refractivity contribution in [3.8, 4) is 5.75 Å². The molecule has 1 rings (SSSR count). The van der Waals surface area contributed by atoms with Crippen LogP contribution >= 0.6 is 0 Å². The van der Waals surface area contributed by atoms with E-state index in [0.29, 0.717) is 6.54 Å². The fourth-order valence-corrected chi connectivity index (χ4v) is 2.14. The Morgan fingerprint density at radius 1 is 1.25 bits per heavy atom. The van der Waals surface area contributed by atoms with E-state index >= 15 is 0 Å². The summed E-state index contributed by atoms with van der Waals surface area (Å²) in [7, 11) is 1.64. The quantitative estimate of drug-likeness (QED) is 0.794. The third kappa shape index (κ3) is 4.76. The number of carbonyl (C=O) groups excluding carboxylic acids is 1. The van der Waals surface area contributed by atoms with Gasteiger partial charge in [-0.3, -0.25) is 4.79 Å². The number of benzene rings is 1. The molecule has 1 amide bonds. The lowest BCUT2D eigenvalue weighted by atomic mass is 10.2. The van der Waals surface area contributed by atoms with Gasteiger partial charge in [-0.05, 0) is 37.5 Å². The van der Waals surface area contributed by atoms with Crippen LogP contribution < -0.4 is 10.1 Å². The molecule has 20 heavy (non-hydrogen) atoms. The maximum absolute atomic E-state index is 12.2. The van der Waals surface area contributed by atoms with Gasteiger partial charge in [0.05, 0.1) is 19.3 Å². The van der Waals surface area contributed by atoms with Gasteiger partial charge in [0.1, 0.15) is 5.75 Å².